The highest BCUT2D eigenvalue weighted by Crippen LogP contribution is 2.33. The Morgan fingerprint density at radius 3 is 2.54 bits per heavy atom. The lowest BCUT2D eigenvalue weighted by Gasteiger charge is -2.14. The Morgan fingerprint density at radius 2 is 1.96 bits per heavy atom. The van der Waals surface area contributed by atoms with Crippen molar-refractivity contribution in [2.45, 2.75) is 6.61 Å². The van der Waals surface area contributed by atoms with Gasteiger partial charge in [-0.25, -0.2) is 9.18 Å². The summed E-state index contributed by atoms with van der Waals surface area (Å²) in [7, 11) is 2.73. The van der Waals surface area contributed by atoms with Gasteiger partial charge in [0.2, 0.25) is 0 Å². The zero-order valence-electron chi connectivity index (χ0n) is 13.0. The number of benzene rings is 2. The van der Waals surface area contributed by atoms with Gasteiger partial charge in [-0.15, -0.1) is 0 Å². The molecule has 7 heteroatoms. The summed E-state index contributed by atoms with van der Waals surface area (Å²) in [6.07, 6.45) is 0.495. The fourth-order valence-electron chi connectivity index (χ4n) is 2.13. The second-order valence-electron chi connectivity index (χ2n) is 4.66. The summed E-state index contributed by atoms with van der Waals surface area (Å²) in [5.41, 5.74) is 0.0126. The van der Waals surface area contributed by atoms with Crippen LogP contribution in [-0.2, 0) is 11.3 Å². The summed E-state index contributed by atoms with van der Waals surface area (Å²) in [5.74, 6) is -1.12. The highest BCUT2D eigenvalue weighted by atomic mass is 35.5. The highest BCUT2D eigenvalue weighted by molar-refractivity contribution is 6.31. The molecule has 0 amide bonds. The molecule has 0 unspecified atom stereocenters. The molecule has 0 aliphatic heterocycles. The second-order valence-corrected chi connectivity index (χ2v) is 5.07. The molecular formula is C17H14ClFO5. The van der Waals surface area contributed by atoms with Crippen LogP contribution in [0.3, 0.4) is 0 Å². The number of carbonyl (C=O) groups is 2. The Hall–Kier alpha value is -2.60. The van der Waals surface area contributed by atoms with E-state index < -0.39 is 11.8 Å². The first-order valence-electron chi connectivity index (χ1n) is 6.83. The zero-order chi connectivity index (χ0) is 17.7. The third-order valence-corrected chi connectivity index (χ3v) is 3.67. The van der Waals surface area contributed by atoms with Crippen LogP contribution in [0.1, 0.15) is 26.3 Å². The molecular weight excluding hydrogens is 339 g/mol. The Morgan fingerprint density at radius 1 is 1.21 bits per heavy atom. The third-order valence-electron chi connectivity index (χ3n) is 3.32. The average molecular weight is 353 g/mol. The Labute approximate surface area is 142 Å². The molecule has 0 saturated heterocycles. The van der Waals surface area contributed by atoms with Crippen molar-refractivity contribution in [1.82, 2.24) is 0 Å². The van der Waals surface area contributed by atoms with Crippen molar-refractivity contribution in [1.29, 1.82) is 0 Å². The third kappa shape index (κ3) is 3.49. The van der Waals surface area contributed by atoms with Crippen molar-refractivity contribution in [2.24, 2.45) is 0 Å². The van der Waals surface area contributed by atoms with E-state index >= 15 is 0 Å². The molecule has 5 nitrogen and oxygen atoms in total. The van der Waals surface area contributed by atoms with Gasteiger partial charge >= 0.3 is 5.97 Å². The number of aldehydes is 1. The van der Waals surface area contributed by atoms with E-state index in [1.807, 2.05) is 0 Å². The standard InChI is InChI=1S/C17H14ClFO5/c1-22-14-7-6-10(8-20)15(16(14)23-2)17(21)24-9-11-12(18)4-3-5-13(11)19/h3-8H,9H2,1-2H3. The van der Waals surface area contributed by atoms with Gasteiger partial charge in [0.25, 0.3) is 0 Å². The van der Waals surface area contributed by atoms with Crippen molar-refractivity contribution in [3.8, 4) is 11.5 Å². The van der Waals surface area contributed by atoms with Crippen molar-refractivity contribution >= 4 is 23.9 Å². The summed E-state index contributed by atoms with van der Waals surface area (Å²) in [5, 5.41) is 0.135. The maximum Gasteiger partial charge on any atom is 0.343 e. The van der Waals surface area contributed by atoms with Crippen LogP contribution in [0.5, 0.6) is 11.5 Å². The molecule has 0 N–H and O–H groups in total. The van der Waals surface area contributed by atoms with Gasteiger partial charge in [-0.1, -0.05) is 17.7 Å². The van der Waals surface area contributed by atoms with Gasteiger partial charge in [0.05, 0.1) is 19.2 Å². The first kappa shape index (κ1) is 17.7. The van der Waals surface area contributed by atoms with Crippen LogP contribution in [-0.4, -0.2) is 26.5 Å². The topological polar surface area (TPSA) is 61.8 Å². The number of halogens is 2. The van der Waals surface area contributed by atoms with Crippen molar-refractivity contribution < 1.29 is 28.2 Å². The Balaban J connectivity index is 2.34. The Kier molecular flexibility index (Phi) is 5.76. The molecule has 0 radical (unpaired) electrons. The van der Waals surface area contributed by atoms with Gasteiger partial charge in [-0.3, -0.25) is 4.79 Å². The van der Waals surface area contributed by atoms with Gasteiger partial charge in [0.1, 0.15) is 18.0 Å². The molecule has 126 valence electrons. The molecule has 0 aliphatic carbocycles. The van der Waals surface area contributed by atoms with Crippen LogP contribution in [0.4, 0.5) is 4.39 Å². The molecule has 0 heterocycles. The van der Waals surface area contributed by atoms with Crippen LogP contribution < -0.4 is 9.47 Å². The molecule has 0 saturated carbocycles. The fourth-order valence-corrected chi connectivity index (χ4v) is 2.35. The number of ether oxygens (including phenoxy) is 3. The summed E-state index contributed by atoms with van der Waals surface area (Å²) >= 11 is 5.89. The molecule has 0 fully saturated rings. The largest absolute Gasteiger partial charge is 0.493 e. The minimum Gasteiger partial charge on any atom is -0.493 e. The first-order chi connectivity index (χ1) is 11.5. The fraction of sp³-hybridized carbons (Fsp3) is 0.176. The lowest BCUT2D eigenvalue weighted by Crippen LogP contribution is -2.12. The van der Waals surface area contributed by atoms with E-state index in [9.17, 15) is 14.0 Å². The van der Waals surface area contributed by atoms with Crippen molar-refractivity contribution in [2.75, 3.05) is 14.2 Å². The minimum absolute atomic E-state index is 0.0435. The van der Waals surface area contributed by atoms with Crippen molar-refractivity contribution in [3.05, 3.63) is 57.9 Å². The van der Waals surface area contributed by atoms with Crippen molar-refractivity contribution in [3.63, 3.8) is 0 Å². The van der Waals surface area contributed by atoms with E-state index in [4.69, 9.17) is 25.8 Å². The number of hydrogen-bond acceptors (Lipinski definition) is 5. The molecule has 2 rings (SSSR count). The summed E-state index contributed by atoms with van der Waals surface area (Å²) in [4.78, 5) is 23.6. The van der Waals surface area contributed by atoms with Gasteiger partial charge in [-0.2, -0.15) is 0 Å². The van der Waals surface area contributed by atoms with E-state index in [0.29, 0.717) is 6.29 Å². The van der Waals surface area contributed by atoms with Crippen LogP contribution in [0.2, 0.25) is 5.02 Å². The van der Waals surface area contributed by atoms with E-state index in [2.05, 4.69) is 0 Å². The number of rotatable bonds is 6. The predicted octanol–water partition coefficient (Wildman–Crippen LogP) is 3.67. The molecule has 24 heavy (non-hydrogen) atoms. The van der Waals surface area contributed by atoms with Crippen LogP contribution in [0.15, 0.2) is 30.3 Å². The summed E-state index contributed by atoms with van der Waals surface area (Å²) in [6, 6.07) is 7.03. The maximum atomic E-state index is 13.7. The SMILES string of the molecule is COc1ccc(C=O)c(C(=O)OCc2c(F)cccc2Cl)c1OC. The average Bonchev–Trinajstić information content (AvgIpc) is 2.59. The highest BCUT2D eigenvalue weighted by Gasteiger charge is 2.23. The summed E-state index contributed by atoms with van der Waals surface area (Å²) in [6.45, 7) is -0.386. The molecule has 2 aromatic carbocycles. The van der Waals surface area contributed by atoms with Crippen LogP contribution in [0.25, 0.3) is 0 Å². The molecule has 0 bridgehead atoms. The first-order valence-corrected chi connectivity index (χ1v) is 7.21. The summed E-state index contributed by atoms with van der Waals surface area (Å²) < 4.78 is 29.1. The second kappa shape index (κ2) is 7.79. The number of methoxy groups -OCH3 is 2. The molecule has 0 spiro atoms. The minimum atomic E-state index is -0.854. The van der Waals surface area contributed by atoms with E-state index in [1.165, 1.54) is 44.6 Å². The quantitative estimate of drug-likeness (QED) is 0.586. The number of esters is 1. The van der Waals surface area contributed by atoms with Gasteiger partial charge in [0, 0.05) is 11.1 Å². The Bertz CT molecular complexity index is 756. The lowest BCUT2D eigenvalue weighted by molar-refractivity contribution is 0.0462. The number of hydrogen-bond donors (Lipinski definition) is 0. The smallest absolute Gasteiger partial charge is 0.343 e. The normalized spacial score (nSPS) is 10.2. The number of carbonyl (C=O) groups excluding carboxylic acids is 2. The zero-order valence-corrected chi connectivity index (χ0v) is 13.7. The van der Waals surface area contributed by atoms with Crippen LogP contribution >= 0.6 is 11.6 Å². The van der Waals surface area contributed by atoms with E-state index in [0.717, 1.165) is 0 Å². The van der Waals surface area contributed by atoms with E-state index in [1.54, 1.807) is 0 Å². The predicted molar refractivity (Wildman–Crippen MR) is 85.5 cm³/mol. The van der Waals surface area contributed by atoms with Gasteiger partial charge < -0.3 is 14.2 Å². The molecule has 0 aromatic heterocycles. The monoisotopic (exact) mass is 352 g/mol. The maximum absolute atomic E-state index is 13.7. The van der Waals surface area contributed by atoms with Gasteiger partial charge in [0.15, 0.2) is 17.8 Å². The molecule has 2 aromatic rings. The van der Waals surface area contributed by atoms with Crippen LogP contribution in [0, 0.1) is 5.82 Å². The lowest BCUT2D eigenvalue weighted by atomic mass is 10.1. The molecule has 0 atom stereocenters. The van der Waals surface area contributed by atoms with E-state index in [-0.39, 0.29) is 39.8 Å². The van der Waals surface area contributed by atoms with Gasteiger partial charge in [-0.05, 0) is 24.3 Å². The molecule has 0 aliphatic rings.